The van der Waals surface area contributed by atoms with E-state index in [-0.39, 0.29) is 11.7 Å². The molecule has 1 amide bonds. The van der Waals surface area contributed by atoms with Crippen LogP contribution >= 0.6 is 0 Å². The zero-order valence-corrected chi connectivity index (χ0v) is 8.92. The molecule has 1 saturated carbocycles. The van der Waals surface area contributed by atoms with Gasteiger partial charge in [-0.25, -0.2) is 0 Å². The second kappa shape index (κ2) is 3.14. The number of para-hydroxylation sites is 1. The predicted molar refractivity (Wildman–Crippen MR) is 61.6 cm³/mol. The Kier molecular flexibility index (Phi) is 1.87. The Morgan fingerprint density at radius 2 is 2.00 bits per heavy atom. The van der Waals surface area contributed by atoms with Gasteiger partial charge < -0.3 is 15.7 Å². The molecule has 0 aromatic heterocycles. The number of anilines is 2. The Morgan fingerprint density at radius 1 is 1.25 bits per heavy atom. The van der Waals surface area contributed by atoms with Crippen LogP contribution < -0.4 is 10.6 Å². The number of benzene rings is 1. The van der Waals surface area contributed by atoms with Crippen molar-refractivity contribution in [1.29, 1.82) is 0 Å². The van der Waals surface area contributed by atoms with E-state index < -0.39 is 5.54 Å². The van der Waals surface area contributed by atoms with Gasteiger partial charge in [0.25, 0.3) is 0 Å². The van der Waals surface area contributed by atoms with Crippen LogP contribution in [0, 0.1) is 0 Å². The number of carbonyl (C=O) groups excluding carboxylic acids is 1. The van der Waals surface area contributed by atoms with E-state index in [1.165, 1.54) is 0 Å². The number of fused-ring (bicyclic) bond motifs is 1. The molecule has 1 aromatic rings. The van der Waals surface area contributed by atoms with E-state index in [1.807, 2.05) is 6.07 Å². The molecule has 1 spiro atoms. The van der Waals surface area contributed by atoms with E-state index in [0.717, 1.165) is 31.4 Å². The Hall–Kier alpha value is -1.71. The van der Waals surface area contributed by atoms with E-state index >= 15 is 0 Å². The van der Waals surface area contributed by atoms with Crippen LogP contribution in [0.1, 0.15) is 25.7 Å². The normalized spacial score (nSPS) is 21.4. The smallest absolute Gasteiger partial charge is 0.250 e. The number of nitrogens with one attached hydrogen (secondary N) is 2. The summed E-state index contributed by atoms with van der Waals surface area (Å²) in [6.07, 6.45) is 3.89. The highest BCUT2D eigenvalue weighted by atomic mass is 16.3. The second-order valence-electron chi connectivity index (χ2n) is 4.57. The minimum Gasteiger partial charge on any atom is -0.506 e. The number of carbonyl (C=O) groups is 1. The fourth-order valence-electron chi connectivity index (χ4n) is 2.65. The maximum atomic E-state index is 12.0. The predicted octanol–water partition coefficient (Wildman–Crippen LogP) is 2.07. The Bertz CT molecular complexity index is 450. The molecule has 0 bridgehead atoms. The molecule has 1 aliphatic heterocycles. The number of hydrogen-bond acceptors (Lipinski definition) is 3. The van der Waals surface area contributed by atoms with Crippen molar-refractivity contribution in [2.24, 2.45) is 0 Å². The molecule has 16 heavy (non-hydrogen) atoms. The van der Waals surface area contributed by atoms with Gasteiger partial charge in [0.15, 0.2) is 0 Å². The van der Waals surface area contributed by atoms with Crippen LogP contribution in [0.4, 0.5) is 11.4 Å². The lowest BCUT2D eigenvalue weighted by atomic mass is 9.93. The minimum absolute atomic E-state index is 0.0148. The highest BCUT2D eigenvalue weighted by Gasteiger charge is 2.44. The third-order valence-electron chi connectivity index (χ3n) is 3.55. The van der Waals surface area contributed by atoms with Crippen molar-refractivity contribution in [1.82, 2.24) is 0 Å². The lowest BCUT2D eigenvalue weighted by Crippen LogP contribution is -2.50. The van der Waals surface area contributed by atoms with Crippen molar-refractivity contribution >= 4 is 17.3 Å². The first-order valence-electron chi connectivity index (χ1n) is 5.63. The molecule has 0 saturated heterocycles. The summed E-state index contributed by atoms with van der Waals surface area (Å²) in [4.78, 5) is 12.0. The molecule has 1 aromatic carbocycles. The largest absolute Gasteiger partial charge is 0.506 e. The van der Waals surface area contributed by atoms with Crippen molar-refractivity contribution in [2.45, 2.75) is 31.2 Å². The van der Waals surface area contributed by atoms with Crippen LogP contribution in [0.2, 0.25) is 0 Å². The van der Waals surface area contributed by atoms with Gasteiger partial charge in [0.05, 0.1) is 5.69 Å². The molecular weight excluding hydrogens is 204 g/mol. The fraction of sp³-hybridized carbons (Fsp3) is 0.417. The van der Waals surface area contributed by atoms with Crippen LogP contribution in [0.3, 0.4) is 0 Å². The molecular formula is C12H14N2O2. The summed E-state index contributed by atoms with van der Waals surface area (Å²) < 4.78 is 0. The van der Waals surface area contributed by atoms with Crippen molar-refractivity contribution in [3.63, 3.8) is 0 Å². The Balaban J connectivity index is 2.05. The van der Waals surface area contributed by atoms with E-state index in [4.69, 9.17) is 0 Å². The zero-order chi connectivity index (χ0) is 11.2. The standard InChI is InChI=1S/C12H14N2O2/c15-9-5-3-4-8-10(9)13-11(16)12(14-8)6-1-2-7-12/h3-5,14-15H,1-2,6-7H2,(H,13,16). The third kappa shape index (κ3) is 1.19. The van der Waals surface area contributed by atoms with Crippen molar-refractivity contribution in [3.05, 3.63) is 18.2 Å². The number of phenolic OH excluding ortho intramolecular Hbond substituents is 1. The summed E-state index contributed by atoms with van der Waals surface area (Å²) in [7, 11) is 0. The van der Waals surface area contributed by atoms with Crippen LogP contribution in [0.25, 0.3) is 0 Å². The molecule has 1 heterocycles. The SMILES string of the molecule is O=C1Nc2c(O)cccc2NC12CCCC2. The molecule has 1 fully saturated rings. The van der Waals surface area contributed by atoms with Crippen LogP contribution in [-0.2, 0) is 4.79 Å². The van der Waals surface area contributed by atoms with Crippen LogP contribution in [0.5, 0.6) is 5.75 Å². The zero-order valence-electron chi connectivity index (χ0n) is 8.92. The molecule has 4 nitrogen and oxygen atoms in total. The first-order chi connectivity index (χ1) is 7.71. The Morgan fingerprint density at radius 3 is 2.75 bits per heavy atom. The lowest BCUT2D eigenvalue weighted by Gasteiger charge is -2.35. The van der Waals surface area contributed by atoms with E-state index in [2.05, 4.69) is 10.6 Å². The van der Waals surface area contributed by atoms with Gasteiger partial charge in [0, 0.05) is 0 Å². The summed E-state index contributed by atoms with van der Waals surface area (Å²) in [5.74, 6) is 0.102. The maximum Gasteiger partial charge on any atom is 0.250 e. The summed E-state index contributed by atoms with van der Waals surface area (Å²) >= 11 is 0. The van der Waals surface area contributed by atoms with Gasteiger partial charge in [0.2, 0.25) is 5.91 Å². The highest BCUT2D eigenvalue weighted by Crippen LogP contribution is 2.42. The van der Waals surface area contributed by atoms with Gasteiger partial charge >= 0.3 is 0 Å². The van der Waals surface area contributed by atoms with E-state index in [1.54, 1.807) is 12.1 Å². The number of aromatic hydroxyl groups is 1. The van der Waals surface area contributed by atoms with Crippen LogP contribution in [0.15, 0.2) is 18.2 Å². The topological polar surface area (TPSA) is 61.4 Å². The average Bonchev–Trinajstić information content (AvgIpc) is 2.71. The van der Waals surface area contributed by atoms with Crippen LogP contribution in [-0.4, -0.2) is 16.6 Å². The summed E-state index contributed by atoms with van der Waals surface area (Å²) in [6.45, 7) is 0. The summed E-state index contributed by atoms with van der Waals surface area (Å²) in [5.41, 5.74) is 0.882. The van der Waals surface area contributed by atoms with E-state index in [9.17, 15) is 9.90 Å². The average molecular weight is 218 g/mol. The molecule has 0 unspecified atom stereocenters. The second-order valence-corrected chi connectivity index (χ2v) is 4.57. The van der Waals surface area contributed by atoms with Gasteiger partial charge in [-0.1, -0.05) is 18.9 Å². The number of rotatable bonds is 0. The molecule has 0 radical (unpaired) electrons. The van der Waals surface area contributed by atoms with Crippen molar-refractivity contribution in [2.75, 3.05) is 10.6 Å². The summed E-state index contributed by atoms with van der Waals surface area (Å²) in [5, 5.41) is 15.8. The molecule has 4 heteroatoms. The molecule has 84 valence electrons. The third-order valence-corrected chi connectivity index (χ3v) is 3.55. The fourth-order valence-corrected chi connectivity index (χ4v) is 2.65. The summed E-state index contributed by atoms with van der Waals surface area (Å²) in [6, 6.07) is 5.24. The molecule has 2 aliphatic rings. The van der Waals surface area contributed by atoms with Gasteiger partial charge in [-0.15, -0.1) is 0 Å². The van der Waals surface area contributed by atoms with E-state index in [0.29, 0.717) is 5.69 Å². The molecule has 1 aliphatic carbocycles. The van der Waals surface area contributed by atoms with Gasteiger partial charge in [0.1, 0.15) is 17.0 Å². The lowest BCUT2D eigenvalue weighted by molar-refractivity contribution is -0.120. The molecule has 3 N–H and O–H groups in total. The maximum absolute atomic E-state index is 12.0. The van der Waals surface area contributed by atoms with Gasteiger partial charge in [-0.3, -0.25) is 4.79 Å². The quantitative estimate of drug-likeness (QED) is 0.584. The Labute approximate surface area is 93.7 Å². The van der Waals surface area contributed by atoms with Gasteiger partial charge in [-0.05, 0) is 25.0 Å². The van der Waals surface area contributed by atoms with Crippen molar-refractivity contribution < 1.29 is 9.90 Å². The first-order valence-corrected chi connectivity index (χ1v) is 5.63. The monoisotopic (exact) mass is 218 g/mol. The number of hydrogen-bond donors (Lipinski definition) is 3. The molecule has 0 atom stereocenters. The number of amides is 1. The van der Waals surface area contributed by atoms with Crippen molar-refractivity contribution in [3.8, 4) is 5.75 Å². The number of phenols is 1. The first kappa shape index (κ1) is 9.51. The highest BCUT2D eigenvalue weighted by molar-refractivity contribution is 6.07. The van der Waals surface area contributed by atoms with Gasteiger partial charge in [-0.2, -0.15) is 0 Å². The molecule has 3 rings (SSSR count). The minimum atomic E-state index is -0.444.